The molecule has 1 amide bonds. The van der Waals surface area contributed by atoms with Crippen LogP contribution in [0, 0.1) is 10.1 Å². The average Bonchev–Trinajstić information content (AvgIpc) is 3.14. The average molecular weight is 511 g/mol. The normalized spacial score (nSPS) is 14.6. The Morgan fingerprint density at radius 2 is 1.73 bits per heavy atom. The van der Waals surface area contributed by atoms with Gasteiger partial charge in [0.05, 0.1) is 34.1 Å². The number of carbonyl (C=O) groups excluding carboxylic acids is 1. The van der Waals surface area contributed by atoms with E-state index in [1.165, 1.54) is 11.1 Å². The van der Waals surface area contributed by atoms with Gasteiger partial charge in [-0.15, -0.1) is 0 Å². The Hall–Kier alpha value is -4.67. The first-order chi connectivity index (χ1) is 17.6. The largest absolute Gasteiger partial charge is 0.490 e. The number of anilines is 1. The van der Waals surface area contributed by atoms with Crippen molar-refractivity contribution in [1.82, 2.24) is 0 Å². The van der Waals surface area contributed by atoms with Crippen LogP contribution in [0.15, 0.2) is 77.4 Å². The molecule has 0 atom stereocenters. The summed E-state index contributed by atoms with van der Waals surface area (Å²) < 4.78 is 50.3. The lowest BCUT2D eigenvalue weighted by molar-refractivity contribution is -0.385. The summed E-state index contributed by atoms with van der Waals surface area (Å²) in [5.41, 5.74) is 0.0396. The molecule has 3 aromatic rings. The Morgan fingerprint density at radius 3 is 2.38 bits per heavy atom. The van der Waals surface area contributed by atoms with Gasteiger partial charge in [0.15, 0.2) is 11.5 Å². The molecule has 0 spiro atoms. The van der Waals surface area contributed by atoms with Crippen molar-refractivity contribution in [3.8, 4) is 17.2 Å². The van der Waals surface area contributed by atoms with E-state index in [0.717, 1.165) is 6.07 Å². The maximum Gasteiger partial charge on any atom is 0.416 e. The quantitative estimate of drug-likeness (QED) is 0.202. The number of benzene rings is 3. The number of amides is 1. The number of ether oxygens (including phenoxy) is 2. The Morgan fingerprint density at radius 1 is 1.03 bits per heavy atom. The van der Waals surface area contributed by atoms with E-state index in [9.17, 15) is 28.1 Å². The summed E-state index contributed by atoms with van der Waals surface area (Å²) >= 11 is 0. The molecule has 8 nitrogen and oxygen atoms in total. The van der Waals surface area contributed by atoms with E-state index in [1.54, 1.807) is 56.3 Å². The van der Waals surface area contributed by atoms with E-state index in [4.69, 9.17) is 9.47 Å². The van der Waals surface area contributed by atoms with Crippen molar-refractivity contribution < 1.29 is 32.4 Å². The fourth-order valence-electron chi connectivity index (χ4n) is 3.60. The highest BCUT2D eigenvalue weighted by molar-refractivity contribution is 6.32. The van der Waals surface area contributed by atoms with E-state index in [-0.39, 0.29) is 29.8 Å². The first-order valence-electron chi connectivity index (χ1n) is 11.1. The van der Waals surface area contributed by atoms with Gasteiger partial charge in [-0.1, -0.05) is 24.3 Å². The Bertz CT molecular complexity index is 1420. The lowest BCUT2D eigenvalue weighted by Crippen LogP contribution is -2.21. The molecule has 1 heterocycles. The molecule has 0 aliphatic carbocycles. The zero-order chi connectivity index (χ0) is 26.7. The van der Waals surface area contributed by atoms with E-state index in [2.05, 4.69) is 5.10 Å². The standard InChI is InChI=1S/C26H20F3N3O5/c1-3-36-24-14-17(13-20-16(2)30-31(25(20)33)19-7-5-4-6-8-19)9-11-23(24)37-22-12-10-18(26(27,28)29)15-21(22)32(34)35/h4-15H,3H2,1-2H3/b20-13+. The fourth-order valence-corrected chi connectivity index (χ4v) is 3.60. The fraction of sp³-hybridized carbons (Fsp3) is 0.154. The summed E-state index contributed by atoms with van der Waals surface area (Å²) in [6, 6.07) is 15.6. The Kier molecular flexibility index (Phi) is 6.96. The Labute approximate surface area is 209 Å². The lowest BCUT2D eigenvalue weighted by atomic mass is 10.1. The van der Waals surface area contributed by atoms with Crippen LogP contribution in [0.3, 0.4) is 0 Å². The minimum absolute atomic E-state index is 0.0564. The number of rotatable bonds is 7. The minimum atomic E-state index is -4.75. The van der Waals surface area contributed by atoms with Crippen LogP contribution in [0.25, 0.3) is 6.08 Å². The molecule has 11 heteroatoms. The summed E-state index contributed by atoms with van der Waals surface area (Å²) in [6.07, 6.45) is -3.12. The topological polar surface area (TPSA) is 94.3 Å². The third kappa shape index (κ3) is 5.45. The minimum Gasteiger partial charge on any atom is -0.490 e. The third-order valence-corrected chi connectivity index (χ3v) is 5.34. The molecule has 0 bridgehead atoms. The number of nitro groups is 1. The van der Waals surface area contributed by atoms with Crippen molar-refractivity contribution in [3.05, 3.63) is 93.5 Å². The second kappa shape index (κ2) is 10.1. The van der Waals surface area contributed by atoms with Gasteiger partial charge < -0.3 is 9.47 Å². The van der Waals surface area contributed by atoms with Crippen molar-refractivity contribution >= 4 is 29.1 Å². The number of carbonyl (C=O) groups is 1. The maximum atomic E-state index is 13.0. The van der Waals surface area contributed by atoms with Gasteiger partial charge in [-0.3, -0.25) is 14.9 Å². The molecule has 0 radical (unpaired) electrons. The molecular formula is C26H20F3N3O5. The van der Waals surface area contributed by atoms with Gasteiger partial charge in [-0.2, -0.15) is 23.3 Å². The van der Waals surface area contributed by atoms with Crippen LogP contribution in [0.5, 0.6) is 17.2 Å². The van der Waals surface area contributed by atoms with Crippen molar-refractivity contribution in [3.63, 3.8) is 0 Å². The summed E-state index contributed by atoms with van der Waals surface area (Å²) in [4.78, 5) is 23.4. The number of hydrogen-bond donors (Lipinski definition) is 0. The maximum absolute atomic E-state index is 13.0. The smallest absolute Gasteiger partial charge is 0.416 e. The van der Waals surface area contributed by atoms with Gasteiger partial charge in [0.2, 0.25) is 5.75 Å². The lowest BCUT2D eigenvalue weighted by Gasteiger charge is -2.14. The van der Waals surface area contributed by atoms with Crippen LogP contribution < -0.4 is 14.5 Å². The number of hydrogen-bond acceptors (Lipinski definition) is 6. The van der Waals surface area contributed by atoms with Crippen LogP contribution in [0.2, 0.25) is 0 Å². The van der Waals surface area contributed by atoms with Crippen LogP contribution >= 0.6 is 0 Å². The van der Waals surface area contributed by atoms with Gasteiger partial charge in [-0.05, 0) is 61.9 Å². The predicted molar refractivity (Wildman–Crippen MR) is 131 cm³/mol. The molecule has 1 aliphatic rings. The first-order valence-corrected chi connectivity index (χ1v) is 11.1. The monoisotopic (exact) mass is 511 g/mol. The van der Waals surface area contributed by atoms with E-state index < -0.39 is 22.4 Å². The third-order valence-electron chi connectivity index (χ3n) is 5.34. The number of nitro benzene ring substituents is 1. The number of nitrogens with zero attached hydrogens (tertiary/aromatic N) is 3. The van der Waals surface area contributed by atoms with Gasteiger partial charge in [-0.25, -0.2) is 0 Å². The molecule has 0 fully saturated rings. The van der Waals surface area contributed by atoms with Gasteiger partial charge in [0.1, 0.15) is 0 Å². The molecule has 37 heavy (non-hydrogen) atoms. The van der Waals surface area contributed by atoms with Gasteiger partial charge in [0, 0.05) is 6.07 Å². The van der Waals surface area contributed by atoms with Gasteiger partial charge >= 0.3 is 11.9 Å². The number of halogens is 3. The summed E-state index contributed by atoms with van der Waals surface area (Å²) in [6.45, 7) is 3.63. The Balaban J connectivity index is 1.65. The zero-order valence-electron chi connectivity index (χ0n) is 19.7. The van der Waals surface area contributed by atoms with E-state index >= 15 is 0 Å². The molecule has 3 aromatic carbocycles. The van der Waals surface area contributed by atoms with Crippen LogP contribution in [-0.2, 0) is 11.0 Å². The van der Waals surface area contributed by atoms with Gasteiger partial charge in [0.25, 0.3) is 5.91 Å². The molecule has 0 saturated heterocycles. The van der Waals surface area contributed by atoms with Crippen LogP contribution in [-0.4, -0.2) is 23.1 Å². The SMILES string of the molecule is CCOc1cc(/C=C2/C(=O)N(c3ccccc3)N=C2C)ccc1Oc1ccc(C(F)(F)F)cc1[N+](=O)[O-]. The highest BCUT2D eigenvalue weighted by Gasteiger charge is 2.34. The summed E-state index contributed by atoms with van der Waals surface area (Å²) in [5.74, 6) is -0.452. The van der Waals surface area contributed by atoms with Crippen molar-refractivity contribution in [2.45, 2.75) is 20.0 Å². The van der Waals surface area contributed by atoms with Crippen molar-refractivity contribution in [1.29, 1.82) is 0 Å². The molecular weight excluding hydrogens is 491 g/mol. The number of para-hydroxylation sites is 1. The van der Waals surface area contributed by atoms with E-state index in [0.29, 0.717) is 34.7 Å². The first kappa shape index (κ1) is 25.4. The van der Waals surface area contributed by atoms with Crippen LogP contribution in [0.4, 0.5) is 24.5 Å². The predicted octanol–water partition coefficient (Wildman–Crippen LogP) is 6.61. The van der Waals surface area contributed by atoms with Crippen molar-refractivity contribution in [2.24, 2.45) is 5.10 Å². The number of alkyl halides is 3. The highest BCUT2D eigenvalue weighted by Crippen LogP contribution is 2.40. The number of hydrazone groups is 1. The molecule has 0 N–H and O–H groups in total. The second-order valence-corrected chi connectivity index (χ2v) is 7.87. The van der Waals surface area contributed by atoms with Crippen LogP contribution in [0.1, 0.15) is 25.0 Å². The second-order valence-electron chi connectivity index (χ2n) is 7.87. The zero-order valence-corrected chi connectivity index (χ0v) is 19.7. The van der Waals surface area contributed by atoms with Crippen molar-refractivity contribution in [2.75, 3.05) is 11.6 Å². The highest BCUT2D eigenvalue weighted by atomic mass is 19.4. The summed E-state index contributed by atoms with van der Waals surface area (Å²) in [7, 11) is 0. The molecule has 0 unspecified atom stereocenters. The molecule has 1 aliphatic heterocycles. The molecule has 190 valence electrons. The van der Waals surface area contributed by atoms with E-state index in [1.807, 2.05) is 6.07 Å². The molecule has 0 saturated carbocycles. The molecule has 0 aromatic heterocycles. The molecule has 4 rings (SSSR count). The summed E-state index contributed by atoms with van der Waals surface area (Å²) in [5, 5.41) is 17.0.